The molecule has 0 fully saturated rings. The maximum atomic E-state index is 6.72. The van der Waals surface area contributed by atoms with Crippen molar-refractivity contribution in [3.05, 3.63) is 78.4 Å². The van der Waals surface area contributed by atoms with Gasteiger partial charge in [0.2, 0.25) is 0 Å². The normalized spacial score (nSPS) is 13.8. The van der Waals surface area contributed by atoms with E-state index in [0.717, 1.165) is 22.4 Å². The molecular weight excluding hydrogens is 741 g/mol. The number of rotatable bonds is 17. The van der Waals surface area contributed by atoms with Crippen LogP contribution in [0.3, 0.4) is 0 Å². The van der Waals surface area contributed by atoms with Crippen LogP contribution in [0.5, 0.6) is 0 Å². The summed E-state index contributed by atoms with van der Waals surface area (Å²) in [6.07, 6.45) is 3.72. The zero-order valence-electron chi connectivity index (χ0n) is 34.3. The second kappa shape index (κ2) is 17.5. The standard InChI is InChI=1S/C18H36O3Si4.C17H34O3Si4/c1-11-17-12-14-18(15-13-17)16-25(19-22(2,3)4,20-23(5,6)7)21-24(8,9)10;1-11-16-12-14-17(15-13-16)24(18-21(2,3)4,19-22(5,6)7)20-23(8,9)10/h11-15H,1,16H2,2-10H3;11-15H,1H2,2-10H3. The van der Waals surface area contributed by atoms with Crippen LogP contribution in [0.1, 0.15) is 16.7 Å². The van der Waals surface area contributed by atoms with Gasteiger partial charge in [0.25, 0.3) is 0 Å². The number of benzene rings is 2. The molecule has 0 unspecified atom stereocenters. The van der Waals surface area contributed by atoms with Gasteiger partial charge >= 0.3 is 17.6 Å². The molecule has 0 N–H and O–H groups in total. The number of hydrogen-bond acceptors (Lipinski definition) is 6. The van der Waals surface area contributed by atoms with E-state index < -0.39 is 67.5 Å². The van der Waals surface area contributed by atoms with E-state index in [9.17, 15) is 0 Å². The summed E-state index contributed by atoms with van der Waals surface area (Å²) in [7, 11) is -16.8. The highest BCUT2D eigenvalue weighted by molar-refractivity contribution is 6.95. The van der Waals surface area contributed by atoms with E-state index in [0.29, 0.717) is 0 Å². The minimum absolute atomic E-state index is 0.739. The Morgan fingerprint density at radius 3 is 0.918 bits per heavy atom. The fraction of sp³-hybridized carbons (Fsp3) is 0.543. The smallest absolute Gasteiger partial charge is 0.417 e. The average molecular weight is 812 g/mol. The van der Waals surface area contributed by atoms with Gasteiger partial charge in [0.05, 0.1) is 0 Å². The maximum Gasteiger partial charge on any atom is 0.505 e. The molecule has 0 bridgehead atoms. The molecule has 0 atom stereocenters. The fourth-order valence-electron chi connectivity index (χ4n) is 4.86. The van der Waals surface area contributed by atoms with Crippen molar-refractivity contribution in [1.82, 2.24) is 0 Å². The van der Waals surface area contributed by atoms with Crippen molar-refractivity contribution in [2.24, 2.45) is 0 Å². The van der Waals surface area contributed by atoms with Crippen molar-refractivity contribution >= 4 is 84.9 Å². The van der Waals surface area contributed by atoms with Gasteiger partial charge in [0.1, 0.15) is 0 Å². The van der Waals surface area contributed by atoms with Crippen molar-refractivity contribution in [1.29, 1.82) is 0 Å². The van der Waals surface area contributed by atoms with Crippen LogP contribution in [-0.4, -0.2) is 67.5 Å². The molecule has 0 heterocycles. The van der Waals surface area contributed by atoms with E-state index in [2.05, 4.69) is 180 Å². The van der Waals surface area contributed by atoms with Gasteiger partial charge < -0.3 is 24.7 Å². The SMILES string of the molecule is C=Cc1ccc(C[Si](O[Si](C)(C)C)(O[Si](C)(C)C)O[Si](C)(C)C)cc1.C=Cc1ccc([Si](O[Si](C)(C)C)(O[Si](C)(C)C)O[Si](C)(C)C)cc1. The van der Waals surface area contributed by atoms with Crippen molar-refractivity contribution in [2.45, 2.75) is 124 Å². The summed E-state index contributed by atoms with van der Waals surface area (Å²) >= 11 is 0. The van der Waals surface area contributed by atoms with Crippen LogP contribution in [0.15, 0.2) is 61.7 Å². The first-order chi connectivity index (χ1) is 21.8. The van der Waals surface area contributed by atoms with Crippen molar-refractivity contribution in [3.8, 4) is 0 Å². The zero-order valence-corrected chi connectivity index (χ0v) is 42.3. The molecule has 2 aromatic rings. The van der Waals surface area contributed by atoms with Gasteiger partial charge in [0, 0.05) is 11.2 Å². The monoisotopic (exact) mass is 810 g/mol. The summed E-state index contributed by atoms with van der Waals surface area (Å²) in [5.41, 5.74) is 3.43. The van der Waals surface area contributed by atoms with Gasteiger partial charge in [-0.15, -0.1) is 0 Å². The minimum Gasteiger partial charge on any atom is -0.417 e. The second-order valence-corrected chi connectivity index (χ2v) is 52.1. The van der Waals surface area contributed by atoms with E-state index in [1.807, 2.05) is 12.2 Å². The molecule has 0 aliphatic heterocycles. The zero-order chi connectivity index (χ0) is 38.3. The minimum atomic E-state index is -2.96. The Hall–Kier alpha value is -0.585. The summed E-state index contributed by atoms with van der Waals surface area (Å²) in [6, 6.07) is 17.6. The first-order valence-corrected chi connectivity index (χ1v) is 41.5. The summed E-state index contributed by atoms with van der Waals surface area (Å²) in [4.78, 5) is 0. The lowest BCUT2D eigenvalue weighted by atomic mass is 10.1. The van der Waals surface area contributed by atoms with E-state index in [-0.39, 0.29) is 0 Å². The Kier molecular flexibility index (Phi) is 16.6. The highest BCUT2D eigenvalue weighted by atomic mass is 28.5. The van der Waals surface area contributed by atoms with Crippen LogP contribution in [0, 0.1) is 0 Å². The Morgan fingerprint density at radius 1 is 0.408 bits per heavy atom. The lowest BCUT2D eigenvalue weighted by molar-refractivity contribution is 0.251. The lowest BCUT2D eigenvalue weighted by Crippen LogP contribution is -2.67. The summed E-state index contributed by atoms with van der Waals surface area (Å²) in [5.74, 6) is 0. The predicted octanol–water partition coefficient (Wildman–Crippen LogP) is 10.9. The molecule has 49 heavy (non-hydrogen) atoms. The molecule has 2 rings (SSSR count). The molecule has 0 radical (unpaired) electrons. The molecule has 0 saturated carbocycles. The number of hydrogen-bond donors (Lipinski definition) is 0. The molecule has 0 saturated heterocycles. The molecule has 2 aromatic carbocycles. The molecule has 6 nitrogen and oxygen atoms in total. The van der Waals surface area contributed by atoms with Gasteiger partial charge in [-0.2, -0.15) is 0 Å². The molecule has 0 amide bonds. The van der Waals surface area contributed by atoms with Crippen LogP contribution in [0.4, 0.5) is 0 Å². The van der Waals surface area contributed by atoms with Crippen LogP contribution in [0.2, 0.25) is 118 Å². The highest BCUT2D eigenvalue weighted by Crippen LogP contribution is 2.29. The van der Waals surface area contributed by atoms with Crippen LogP contribution >= 0.6 is 0 Å². The Labute approximate surface area is 310 Å². The Balaban J connectivity index is 0.000000490. The molecule has 14 heteroatoms. The van der Waals surface area contributed by atoms with E-state index >= 15 is 0 Å². The van der Waals surface area contributed by atoms with E-state index in [4.69, 9.17) is 24.7 Å². The summed E-state index contributed by atoms with van der Waals surface area (Å²) < 4.78 is 40.3. The first-order valence-electron chi connectivity index (χ1n) is 17.4. The third kappa shape index (κ3) is 19.7. The van der Waals surface area contributed by atoms with Crippen LogP contribution in [-0.2, 0) is 30.7 Å². The third-order valence-corrected chi connectivity index (χ3v) is 29.4. The summed E-state index contributed by atoms with van der Waals surface area (Å²) in [6.45, 7) is 47.5. The van der Waals surface area contributed by atoms with E-state index in [1.165, 1.54) is 5.56 Å². The van der Waals surface area contributed by atoms with Crippen molar-refractivity contribution < 1.29 is 24.7 Å². The topological polar surface area (TPSA) is 55.4 Å². The molecule has 0 aliphatic carbocycles. The fourth-order valence-corrected chi connectivity index (χ4v) is 32.6. The Bertz CT molecular complexity index is 1240. The van der Waals surface area contributed by atoms with Gasteiger partial charge in [0.15, 0.2) is 49.9 Å². The van der Waals surface area contributed by atoms with Crippen molar-refractivity contribution in [2.75, 3.05) is 0 Å². The maximum absolute atomic E-state index is 6.72. The highest BCUT2D eigenvalue weighted by Gasteiger charge is 2.52. The molecule has 0 aromatic heterocycles. The predicted molar refractivity (Wildman–Crippen MR) is 234 cm³/mol. The molecule has 0 aliphatic rings. The van der Waals surface area contributed by atoms with Gasteiger partial charge in [-0.3, -0.25) is 0 Å². The van der Waals surface area contributed by atoms with E-state index in [1.54, 1.807) is 0 Å². The third-order valence-electron chi connectivity index (χ3n) is 5.84. The average Bonchev–Trinajstić information content (AvgIpc) is 2.83. The van der Waals surface area contributed by atoms with Crippen LogP contribution in [0.25, 0.3) is 12.2 Å². The molecule has 0 spiro atoms. The van der Waals surface area contributed by atoms with Crippen LogP contribution < -0.4 is 5.19 Å². The van der Waals surface area contributed by atoms with Gasteiger partial charge in [-0.25, -0.2) is 0 Å². The lowest BCUT2D eigenvalue weighted by Gasteiger charge is -2.43. The quantitative estimate of drug-likeness (QED) is 0.148. The van der Waals surface area contributed by atoms with Gasteiger partial charge in [-0.1, -0.05) is 73.8 Å². The molecular formula is C35H70O6Si8. The van der Waals surface area contributed by atoms with Crippen molar-refractivity contribution in [3.63, 3.8) is 0 Å². The first kappa shape index (κ1) is 46.4. The Morgan fingerprint density at radius 2 is 0.673 bits per heavy atom. The van der Waals surface area contributed by atoms with Gasteiger partial charge in [-0.05, 0) is 135 Å². The second-order valence-electron chi connectivity index (χ2n) is 18.5. The summed E-state index contributed by atoms with van der Waals surface area (Å²) in [5, 5.41) is 1.07. The molecule has 278 valence electrons. The largest absolute Gasteiger partial charge is 0.505 e.